The molecular weight excluding hydrogens is 514 g/mol. The fourth-order valence-corrected chi connectivity index (χ4v) is 4.80. The minimum Gasteiger partial charge on any atom is -0.469 e. The molecule has 1 fully saturated rings. The van der Waals surface area contributed by atoms with Gasteiger partial charge < -0.3 is 30.6 Å². The highest BCUT2D eigenvalue weighted by atomic mass is 16.3. The monoisotopic (exact) mass is 549 g/mol. The van der Waals surface area contributed by atoms with Crippen molar-refractivity contribution in [3.8, 4) is 0 Å². The lowest BCUT2D eigenvalue weighted by atomic mass is 9.96. The third-order valence-electron chi connectivity index (χ3n) is 7.00. The molecule has 0 saturated carbocycles. The van der Waals surface area contributed by atoms with Crippen LogP contribution in [0.3, 0.4) is 0 Å². The summed E-state index contributed by atoms with van der Waals surface area (Å²) in [6, 6.07) is 9.90. The van der Waals surface area contributed by atoms with Gasteiger partial charge in [-0.1, -0.05) is 24.3 Å². The van der Waals surface area contributed by atoms with Crippen LogP contribution in [-0.4, -0.2) is 66.7 Å². The fourth-order valence-electron chi connectivity index (χ4n) is 4.80. The summed E-state index contributed by atoms with van der Waals surface area (Å²) in [6.07, 6.45) is 5.90. The Hall–Kier alpha value is -4.41. The first-order valence-corrected chi connectivity index (χ1v) is 13.6. The zero-order chi connectivity index (χ0) is 28.3. The molecule has 11 heteroatoms. The van der Waals surface area contributed by atoms with E-state index in [0.717, 1.165) is 11.1 Å². The molecule has 0 unspecified atom stereocenters. The molecule has 4 rings (SSSR count). The SMILES string of the molecule is O=C1C=CC(=O)N2CCC[C@H](C2)C(=O)N[C@@H](Cc2ccco2)C(=O)NCc2ccccc2CC(=O)NCCCN1. The average Bonchev–Trinajstić information content (AvgIpc) is 3.47. The molecule has 3 heterocycles. The van der Waals surface area contributed by atoms with Crippen LogP contribution < -0.4 is 21.3 Å². The first-order valence-electron chi connectivity index (χ1n) is 13.6. The fraction of sp³-hybridized carbons (Fsp3) is 0.414. The van der Waals surface area contributed by atoms with Crippen LogP contribution in [-0.2, 0) is 43.4 Å². The Morgan fingerprint density at radius 3 is 2.45 bits per heavy atom. The normalized spacial score (nSPS) is 22.1. The second kappa shape index (κ2) is 14.1. The zero-order valence-corrected chi connectivity index (χ0v) is 22.3. The Balaban J connectivity index is 1.53. The van der Waals surface area contributed by atoms with E-state index in [1.54, 1.807) is 12.1 Å². The summed E-state index contributed by atoms with van der Waals surface area (Å²) in [5.74, 6) is -1.61. The van der Waals surface area contributed by atoms with Crippen molar-refractivity contribution in [2.75, 3.05) is 26.2 Å². The largest absolute Gasteiger partial charge is 0.469 e. The van der Waals surface area contributed by atoms with Crippen LogP contribution in [0.25, 0.3) is 0 Å². The zero-order valence-electron chi connectivity index (χ0n) is 22.3. The van der Waals surface area contributed by atoms with E-state index in [0.29, 0.717) is 44.7 Å². The van der Waals surface area contributed by atoms with Crippen LogP contribution in [0.15, 0.2) is 59.2 Å². The lowest BCUT2D eigenvalue weighted by Gasteiger charge is -2.32. The van der Waals surface area contributed by atoms with Gasteiger partial charge in [0.25, 0.3) is 0 Å². The molecule has 5 amide bonds. The Morgan fingerprint density at radius 2 is 1.65 bits per heavy atom. The van der Waals surface area contributed by atoms with Crippen molar-refractivity contribution in [3.63, 3.8) is 0 Å². The van der Waals surface area contributed by atoms with Crippen molar-refractivity contribution in [3.05, 3.63) is 71.7 Å². The van der Waals surface area contributed by atoms with Crippen molar-refractivity contribution in [1.29, 1.82) is 0 Å². The number of hydrogen-bond acceptors (Lipinski definition) is 6. The molecule has 2 aromatic rings. The van der Waals surface area contributed by atoms with E-state index in [1.807, 2.05) is 24.3 Å². The summed E-state index contributed by atoms with van der Waals surface area (Å²) in [5.41, 5.74) is 1.57. The van der Waals surface area contributed by atoms with E-state index in [1.165, 1.54) is 23.3 Å². The van der Waals surface area contributed by atoms with Gasteiger partial charge in [0.1, 0.15) is 11.8 Å². The molecular formula is C29H35N5O6. The summed E-state index contributed by atoms with van der Waals surface area (Å²) in [4.78, 5) is 65.5. The first kappa shape index (κ1) is 28.6. The third kappa shape index (κ3) is 8.29. The van der Waals surface area contributed by atoms with Crippen LogP contribution in [0.1, 0.15) is 36.1 Å². The molecule has 40 heavy (non-hydrogen) atoms. The Kier molecular flexibility index (Phi) is 10.1. The lowest BCUT2D eigenvalue weighted by molar-refractivity contribution is -0.135. The highest BCUT2D eigenvalue weighted by Crippen LogP contribution is 2.18. The number of amides is 5. The van der Waals surface area contributed by atoms with Crippen molar-refractivity contribution in [2.45, 2.75) is 44.7 Å². The molecule has 0 aliphatic carbocycles. The van der Waals surface area contributed by atoms with Crippen LogP contribution >= 0.6 is 0 Å². The molecule has 1 aromatic carbocycles. The number of benzene rings is 1. The van der Waals surface area contributed by atoms with E-state index >= 15 is 0 Å². The summed E-state index contributed by atoms with van der Waals surface area (Å²) in [6.45, 7) is 1.56. The van der Waals surface area contributed by atoms with E-state index < -0.39 is 17.9 Å². The van der Waals surface area contributed by atoms with Gasteiger partial charge in [-0.15, -0.1) is 0 Å². The predicted octanol–water partition coefficient (Wildman–Crippen LogP) is 0.597. The van der Waals surface area contributed by atoms with Gasteiger partial charge in [0.2, 0.25) is 29.5 Å². The maximum atomic E-state index is 13.3. The predicted molar refractivity (Wildman–Crippen MR) is 145 cm³/mol. The van der Waals surface area contributed by atoms with Crippen LogP contribution in [0.5, 0.6) is 0 Å². The number of carbonyl (C=O) groups is 5. The van der Waals surface area contributed by atoms with E-state index in [4.69, 9.17) is 4.42 Å². The molecule has 2 aliphatic rings. The molecule has 4 N–H and O–H groups in total. The number of hydrogen-bond donors (Lipinski definition) is 4. The van der Waals surface area contributed by atoms with E-state index in [-0.39, 0.29) is 49.6 Å². The van der Waals surface area contributed by atoms with Crippen molar-refractivity contribution < 1.29 is 28.4 Å². The van der Waals surface area contributed by atoms with Gasteiger partial charge in [-0.05, 0) is 42.5 Å². The summed E-state index contributed by atoms with van der Waals surface area (Å²) in [5, 5.41) is 11.3. The Bertz CT molecular complexity index is 1240. The standard InChI is InChI=1S/C29H35N5O6/c35-25-10-11-27(37)34-14-3-8-22(19-34)28(38)33-24(17-23-9-4-15-40-23)29(39)32-18-21-7-2-1-6-20(21)16-26(36)31-13-5-12-30-25/h1-2,4,6-7,9-11,15,22,24H,3,5,8,12-14,16-19H2,(H,30,35)(H,31,36)(H,32,39)(H,33,38)/t22-,24+/m1/s1. The summed E-state index contributed by atoms with van der Waals surface area (Å²) < 4.78 is 5.43. The number of carbonyl (C=O) groups excluding carboxylic acids is 5. The van der Waals surface area contributed by atoms with Crippen LogP contribution in [0.4, 0.5) is 0 Å². The summed E-state index contributed by atoms with van der Waals surface area (Å²) >= 11 is 0. The molecule has 2 aliphatic heterocycles. The molecule has 0 spiro atoms. The number of furan rings is 1. The van der Waals surface area contributed by atoms with Crippen molar-refractivity contribution in [1.82, 2.24) is 26.2 Å². The minimum absolute atomic E-state index is 0.133. The maximum Gasteiger partial charge on any atom is 0.246 e. The maximum absolute atomic E-state index is 13.3. The van der Waals surface area contributed by atoms with Crippen molar-refractivity contribution >= 4 is 29.5 Å². The number of nitrogens with one attached hydrogen (secondary N) is 4. The second-order valence-corrected chi connectivity index (χ2v) is 9.96. The molecule has 1 saturated heterocycles. The van der Waals surface area contributed by atoms with Gasteiger partial charge in [0.15, 0.2) is 0 Å². The van der Waals surface area contributed by atoms with E-state index in [9.17, 15) is 24.0 Å². The van der Waals surface area contributed by atoms with Gasteiger partial charge in [0.05, 0.1) is 18.6 Å². The van der Waals surface area contributed by atoms with Crippen molar-refractivity contribution in [2.24, 2.45) is 5.92 Å². The lowest BCUT2D eigenvalue weighted by Crippen LogP contribution is -2.52. The van der Waals surface area contributed by atoms with Gasteiger partial charge in [-0.25, -0.2) is 0 Å². The van der Waals surface area contributed by atoms with Crippen LogP contribution in [0, 0.1) is 5.92 Å². The number of rotatable bonds is 2. The summed E-state index contributed by atoms with van der Waals surface area (Å²) in [7, 11) is 0. The third-order valence-corrected chi connectivity index (χ3v) is 7.00. The highest BCUT2D eigenvalue weighted by molar-refractivity contribution is 5.97. The van der Waals surface area contributed by atoms with Gasteiger partial charge in [-0.2, -0.15) is 0 Å². The number of piperidine rings is 1. The molecule has 0 radical (unpaired) electrons. The van der Waals surface area contributed by atoms with Gasteiger partial charge in [0, 0.05) is 51.3 Å². The molecule has 11 nitrogen and oxygen atoms in total. The Labute approximate surface area is 232 Å². The first-order chi connectivity index (χ1) is 19.4. The number of nitrogens with zero attached hydrogens (tertiary/aromatic N) is 1. The minimum atomic E-state index is -0.901. The topological polar surface area (TPSA) is 150 Å². The second-order valence-electron chi connectivity index (χ2n) is 9.96. The molecule has 1 aromatic heterocycles. The average molecular weight is 550 g/mol. The Morgan fingerprint density at radius 1 is 0.850 bits per heavy atom. The van der Waals surface area contributed by atoms with Crippen LogP contribution in [0.2, 0.25) is 0 Å². The molecule has 2 bridgehead atoms. The highest BCUT2D eigenvalue weighted by Gasteiger charge is 2.31. The van der Waals surface area contributed by atoms with E-state index in [2.05, 4.69) is 21.3 Å². The van der Waals surface area contributed by atoms with Gasteiger partial charge in [-0.3, -0.25) is 24.0 Å². The molecule has 212 valence electrons. The quantitative estimate of drug-likeness (QED) is 0.431. The molecule has 2 atom stereocenters. The number of fused-ring (bicyclic) bond motifs is 3. The van der Waals surface area contributed by atoms with Gasteiger partial charge >= 0.3 is 0 Å². The smallest absolute Gasteiger partial charge is 0.246 e.